The Balaban J connectivity index is 1.23. The summed E-state index contributed by atoms with van der Waals surface area (Å²) in [6.07, 6.45) is 18.7. The largest absolute Gasteiger partial charge is 0.465 e. The van der Waals surface area contributed by atoms with E-state index < -0.39 is 0 Å². The van der Waals surface area contributed by atoms with Crippen LogP contribution in [0.4, 0.5) is 0 Å². The van der Waals surface area contributed by atoms with Gasteiger partial charge in [-0.15, -0.1) is 0 Å². The summed E-state index contributed by atoms with van der Waals surface area (Å²) in [5, 5.41) is 0. The van der Waals surface area contributed by atoms with Crippen LogP contribution in [0, 0.1) is 0 Å². The number of rotatable bonds is 16. The molecule has 0 radical (unpaired) electrons. The van der Waals surface area contributed by atoms with E-state index in [2.05, 4.69) is 31.2 Å². The number of esters is 1. The lowest BCUT2D eigenvalue weighted by atomic mass is 9.97. The summed E-state index contributed by atoms with van der Waals surface area (Å²) in [6, 6.07) is 16.4. The molecule has 1 aliphatic carbocycles. The number of hydrogen-bond acceptors (Lipinski definition) is 2. The fourth-order valence-corrected chi connectivity index (χ4v) is 4.96. The van der Waals surface area contributed by atoms with E-state index in [9.17, 15) is 4.79 Å². The smallest absolute Gasteiger partial charge is 0.317 e. The van der Waals surface area contributed by atoms with Gasteiger partial charge < -0.3 is 4.74 Å². The van der Waals surface area contributed by atoms with Crippen LogP contribution in [0.2, 0.25) is 0 Å². The van der Waals surface area contributed by atoms with Crippen LogP contribution in [0.15, 0.2) is 48.5 Å². The second-order valence-corrected chi connectivity index (χ2v) is 9.37. The second-order valence-electron chi connectivity index (χ2n) is 9.37. The predicted molar refractivity (Wildman–Crippen MR) is 135 cm³/mol. The molecule has 3 rings (SSSR count). The Morgan fingerprint density at radius 1 is 0.625 bits per heavy atom. The van der Waals surface area contributed by atoms with Gasteiger partial charge in [-0.05, 0) is 28.7 Å². The number of fused-ring (bicyclic) bond motifs is 3. The van der Waals surface area contributed by atoms with E-state index in [0.717, 1.165) is 24.0 Å². The molecule has 0 bridgehead atoms. The molecule has 0 aromatic heterocycles. The molecule has 2 heteroatoms. The molecule has 174 valence electrons. The Hall–Kier alpha value is -2.09. The van der Waals surface area contributed by atoms with Crippen molar-refractivity contribution in [2.24, 2.45) is 0 Å². The van der Waals surface area contributed by atoms with E-state index in [1.54, 1.807) is 0 Å². The van der Waals surface area contributed by atoms with E-state index >= 15 is 0 Å². The maximum atomic E-state index is 12.9. The molecule has 0 fully saturated rings. The summed E-state index contributed by atoms with van der Waals surface area (Å²) in [7, 11) is 0. The fourth-order valence-electron chi connectivity index (χ4n) is 4.96. The van der Waals surface area contributed by atoms with Crippen LogP contribution >= 0.6 is 0 Å². The Kier molecular flexibility index (Phi) is 10.8. The third kappa shape index (κ3) is 7.22. The highest BCUT2D eigenvalue weighted by molar-refractivity contribution is 5.93. The van der Waals surface area contributed by atoms with Crippen LogP contribution < -0.4 is 0 Å². The average Bonchev–Trinajstić information content (AvgIpc) is 3.16. The van der Waals surface area contributed by atoms with Gasteiger partial charge in [0.05, 0.1) is 6.61 Å². The predicted octanol–water partition coefficient (Wildman–Crippen LogP) is 8.82. The molecule has 0 saturated heterocycles. The van der Waals surface area contributed by atoms with Crippen LogP contribution in [0.5, 0.6) is 0 Å². The molecule has 1 aliphatic rings. The van der Waals surface area contributed by atoms with Gasteiger partial charge in [0.15, 0.2) is 0 Å². The highest BCUT2D eigenvalue weighted by Crippen LogP contribution is 2.44. The Bertz CT molecular complexity index is 764. The van der Waals surface area contributed by atoms with Crippen LogP contribution in [-0.2, 0) is 9.53 Å². The first-order valence-electron chi connectivity index (χ1n) is 13.2. The summed E-state index contributed by atoms with van der Waals surface area (Å²) in [6.45, 7) is 2.82. The van der Waals surface area contributed by atoms with Crippen molar-refractivity contribution in [3.05, 3.63) is 59.7 Å². The lowest BCUT2D eigenvalue weighted by molar-refractivity contribution is -0.144. The van der Waals surface area contributed by atoms with Gasteiger partial charge >= 0.3 is 5.97 Å². The van der Waals surface area contributed by atoms with Crippen molar-refractivity contribution in [3.8, 4) is 11.1 Å². The molecule has 2 aromatic carbocycles. The number of carbonyl (C=O) groups is 1. The lowest BCUT2D eigenvalue weighted by Crippen LogP contribution is -2.16. The van der Waals surface area contributed by atoms with E-state index in [-0.39, 0.29) is 11.9 Å². The number of benzene rings is 2. The maximum Gasteiger partial charge on any atom is 0.317 e. The molecule has 0 N–H and O–H groups in total. The molecule has 0 unspecified atom stereocenters. The van der Waals surface area contributed by atoms with Crippen molar-refractivity contribution in [3.63, 3.8) is 0 Å². The molecule has 32 heavy (non-hydrogen) atoms. The second kappa shape index (κ2) is 14.1. The molecular weight excluding hydrogens is 392 g/mol. The van der Waals surface area contributed by atoms with Gasteiger partial charge in [0, 0.05) is 0 Å². The first-order chi connectivity index (χ1) is 15.8. The van der Waals surface area contributed by atoms with Crippen molar-refractivity contribution < 1.29 is 9.53 Å². The standard InChI is InChI=1S/C30H42O2/c1-2-3-4-5-6-7-8-9-10-11-12-13-14-19-24-32-30(31)29-27-22-17-15-20-25(27)26-21-16-18-23-28(26)29/h15-18,20-23,29H,2-14,19,24H2,1H3. The van der Waals surface area contributed by atoms with Gasteiger partial charge in [-0.1, -0.05) is 139 Å². The monoisotopic (exact) mass is 434 g/mol. The van der Waals surface area contributed by atoms with Crippen molar-refractivity contribution in [1.82, 2.24) is 0 Å². The van der Waals surface area contributed by atoms with Crippen molar-refractivity contribution in [1.29, 1.82) is 0 Å². The maximum absolute atomic E-state index is 12.9. The van der Waals surface area contributed by atoms with Crippen molar-refractivity contribution >= 4 is 5.97 Å². The van der Waals surface area contributed by atoms with Gasteiger partial charge in [-0.3, -0.25) is 4.79 Å². The molecule has 0 saturated carbocycles. The first-order valence-corrected chi connectivity index (χ1v) is 13.2. The number of unbranched alkanes of at least 4 members (excludes halogenated alkanes) is 13. The minimum Gasteiger partial charge on any atom is -0.465 e. The van der Waals surface area contributed by atoms with E-state index in [1.807, 2.05) is 24.3 Å². The zero-order valence-corrected chi connectivity index (χ0v) is 20.1. The summed E-state index contributed by atoms with van der Waals surface area (Å²) in [4.78, 5) is 12.9. The normalized spacial score (nSPS) is 12.5. The zero-order valence-electron chi connectivity index (χ0n) is 20.1. The quantitative estimate of drug-likeness (QED) is 0.195. The van der Waals surface area contributed by atoms with Gasteiger partial charge in [0.2, 0.25) is 0 Å². The van der Waals surface area contributed by atoms with Gasteiger partial charge in [-0.2, -0.15) is 0 Å². The van der Waals surface area contributed by atoms with E-state index in [0.29, 0.717) is 6.61 Å². The molecule has 0 atom stereocenters. The Morgan fingerprint density at radius 3 is 1.50 bits per heavy atom. The summed E-state index contributed by atoms with van der Waals surface area (Å²) in [5.41, 5.74) is 4.50. The van der Waals surface area contributed by atoms with Crippen LogP contribution in [0.25, 0.3) is 11.1 Å². The molecule has 2 aromatic rings. The van der Waals surface area contributed by atoms with Crippen molar-refractivity contribution in [2.75, 3.05) is 6.61 Å². The summed E-state index contributed by atoms with van der Waals surface area (Å²) < 4.78 is 5.71. The number of carbonyl (C=O) groups excluding carboxylic acids is 1. The summed E-state index contributed by atoms with van der Waals surface area (Å²) >= 11 is 0. The molecule has 0 amide bonds. The first kappa shape index (κ1) is 24.6. The van der Waals surface area contributed by atoms with Crippen LogP contribution in [0.3, 0.4) is 0 Å². The SMILES string of the molecule is CCCCCCCCCCCCCCCCOC(=O)C1c2ccccc2-c2ccccc21. The topological polar surface area (TPSA) is 26.3 Å². The third-order valence-electron chi connectivity index (χ3n) is 6.81. The van der Waals surface area contributed by atoms with Gasteiger partial charge in [0.1, 0.15) is 5.92 Å². The van der Waals surface area contributed by atoms with Crippen LogP contribution in [-0.4, -0.2) is 12.6 Å². The van der Waals surface area contributed by atoms with Gasteiger partial charge in [0.25, 0.3) is 0 Å². The Labute approximate surface area is 195 Å². The minimum absolute atomic E-state index is 0.0999. The molecule has 0 aliphatic heterocycles. The minimum atomic E-state index is -0.269. The lowest BCUT2D eigenvalue weighted by Gasteiger charge is -2.13. The number of hydrogen-bond donors (Lipinski definition) is 0. The Morgan fingerprint density at radius 2 is 1.03 bits per heavy atom. The highest BCUT2D eigenvalue weighted by atomic mass is 16.5. The van der Waals surface area contributed by atoms with Crippen LogP contribution in [0.1, 0.15) is 114 Å². The average molecular weight is 435 g/mol. The van der Waals surface area contributed by atoms with E-state index in [1.165, 1.54) is 88.2 Å². The summed E-state index contributed by atoms with van der Waals surface area (Å²) in [5.74, 6) is -0.369. The highest BCUT2D eigenvalue weighted by Gasteiger charge is 2.34. The molecular formula is C30H42O2. The number of ether oxygens (including phenoxy) is 1. The molecule has 2 nitrogen and oxygen atoms in total. The van der Waals surface area contributed by atoms with Gasteiger partial charge in [-0.25, -0.2) is 0 Å². The van der Waals surface area contributed by atoms with E-state index in [4.69, 9.17) is 4.74 Å². The third-order valence-corrected chi connectivity index (χ3v) is 6.81. The molecule has 0 spiro atoms. The fraction of sp³-hybridized carbons (Fsp3) is 0.567. The zero-order chi connectivity index (χ0) is 22.4. The van der Waals surface area contributed by atoms with Crippen molar-refractivity contribution in [2.45, 2.75) is 103 Å². The molecule has 0 heterocycles.